The van der Waals surface area contributed by atoms with E-state index in [0.717, 1.165) is 22.3 Å². The predicted molar refractivity (Wildman–Crippen MR) is 100 cm³/mol. The number of methoxy groups -OCH3 is 2. The standard InChI is InChI=1S/C19H20N4O3/c1-12-15-10-14(11-20-19(15)23(2)22-12)21-18(24)8-6-13-5-7-16(25-3)17(9-13)26-4/h5-11H,1-4H3,(H,21,24)/b8-6+. The molecule has 2 aromatic heterocycles. The fourth-order valence-electron chi connectivity index (χ4n) is 2.69. The minimum atomic E-state index is -0.248. The van der Waals surface area contributed by atoms with Crippen LogP contribution in [0.4, 0.5) is 5.69 Å². The summed E-state index contributed by atoms with van der Waals surface area (Å²) in [5.41, 5.74) is 3.10. The van der Waals surface area contributed by atoms with Gasteiger partial charge in [0.05, 0.1) is 31.8 Å². The van der Waals surface area contributed by atoms with Gasteiger partial charge in [-0.25, -0.2) is 4.98 Å². The minimum Gasteiger partial charge on any atom is -0.493 e. The molecule has 0 aliphatic heterocycles. The van der Waals surface area contributed by atoms with Crippen LogP contribution in [0.5, 0.6) is 11.5 Å². The SMILES string of the molecule is COc1ccc(/C=C/C(=O)Nc2cnc3c(c2)c(C)nn3C)cc1OC. The van der Waals surface area contributed by atoms with Crippen molar-refractivity contribution < 1.29 is 14.3 Å². The molecule has 0 atom stereocenters. The highest BCUT2D eigenvalue weighted by Crippen LogP contribution is 2.28. The molecular formula is C19H20N4O3. The fraction of sp³-hybridized carbons (Fsp3) is 0.211. The average Bonchev–Trinajstić information content (AvgIpc) is 2.93. The van der Waals surface area contributed by atoms with Crippen LogP contribution in [0.25, 0.3) is 17.1 Å². The maximum absolute atomic E-state index is 12.2. The number of benzene rings is 1. The minimum absolute atomic E-state index is 0.248. The molecule has 0 bridgehead atoms. The van der Waals surface area contributed by atoms with E-state index in [1.807, 2.05) is 26.1 Å². The molecule has 3 aromatic rings. The Morgan fingerprint density at radius 1 is 1.19 bits per heavy atom. The first-order valence-corrected chi connectivity index (χ1v) is 8.02. The summed E-state index contributed by atoms with van der Waals surface area (Å²) >= 11 is 0. The van der Waals surface area contributed by atoms with E-state index in [9.17, 15) is 4.79 Å². The van der Waals surface area contributed by atoms with E-state index in [2.05, 4.69) is 15.4 Å². The Balaban J connectivity index is 1.74. The van der Waals surface area contributed by atoms with Crippen LogP contribution in [0.2, 0.25) is 0 Å². The van der Waals surface area contributed by atoms with Gasteiger partial charge in [0, 0.05) is 18.5 Å². The van der Waals surface area contributed by atoms with E-state index in [-0.39, 0.29) is 5.91 Å². The van der Waals surface area contributed by atoms with Gasteiger partial charge >= 0.3 is 0 Å². The first kappa shape index (κ1) is 17.5. The summed E-state index contributed by atoms with van der Waals surface area (Å²) in [6, 6.07) is 7.30. The molecule has 3 rings (SSSR count). The highest BCUT2D eigenvalue weighted by Gasteiger charge is 2.08. The van der Waals surface area contributed by atoms with Gasteiger partial charge in [-0.1, -0.05) is 6.07 Å². The van der Waals surface area contributed by atoms with E-state index in [1.165, 1.54) is 6.08 Å². The molecule has 0 aliphatic carbocycles. The van der Waals surface area contributed by atoms with Crippen LogP contribution >= 0.6 is 0 Å². The largest absolute Gasteiger partial charge is 0.493 e. The summed E-state index contributed by atoms with van der Waals surface area (Å²) in [5.74, 6) is 1.000. The van der Waals surface area contributed by atoms with Crippen molar-refractivity contribution in [1.29, 1.82) is 0 Å². The normalized spacial score (nSPS) is 11.1. The van der Waals surface area contributed by atoms with Crippen LogP contribution in [-0.2, 0) is 11.8 Å². The third-order valence-electron chi connectivity index (χ3n) is 3.97. The molecular weight excluding hydrogens is 332 g/mol. The van der Waals surface area contributed by atoms with Crippen LogP contribution in [0, 0.1) is 6.92 Å². The topological polar surface area (TPSA) is 78.3 Å². The molecule has 2 heterocycles. The van der Waals surface area contributed by atoms with Crippen LogP contribution in [-0.4, -0.2) is 34.9 Å². The molecule has 0 fully saturated rings. The number of ether oxygens (including phenoxy) is 2. The van der Waals surface area contributed by atoms with Crippen molar-refractivity contribution in [1.82, 2.24) is 14.8 Å². The molecule has 0 saturated carbocycles. The zero-order valence-corrected chi connectivity index (χ0v) is 15.1. The Kier molecular flexibility index (Phi) is 4.88. The lowest BCUT2D eigenvalue weighted by atomic mass is 10.2. The molecule has 7 nitrogen and oxygen atoms in total. The molecule has 0 unspecified atom stereocenters. The summed E-state index contributed by atoms with van der Waals surface area (Å²) < 4.78 is 12.2. The van der Waals surface area contributed by atoms with Crippen molar-refractivity contribution in [2.24, 2.45) is 7.05 Å². The lowest BCUT2D eigenvalue weighted by Gasteiger charge is -2.07. The van der Waals surface area contributed by atoms with E-state index >= 15 is 0 Å². The van der Waals surface area contributed by atoms with Crippen molar-refractivity contribution in [2.75, 3.05) is 19.5 Å². The first-order valence-electron chi connectivity index (χ1n) is 8.02. The van der Waals surface area contributed by atoms with Gasteiger partial charge in [-0.3, -0.25) is 9.48 Å². The van der Waals surface area contributed by atoms with Crippen molar-refractivity contribution in [3.8, 4) is 11.5 Å². The summed E-state index contributed by atoms with van der Waals surface area (Å²) in [5, 5.41) is 8.04. The maximum atomic E-state index is 12.2. The Morgan fingerprint density at radius 2 is 1.96 bits per heavy atom. The Bertz CT molecular complexity index is 992. The fourth-order valence-corrected chi connectivity index (χ4v) is 2.69. The van der Waals surface area contributed by atoms with Crippen LogP contribution in [0.1, 0.15) is 11.3 Å². The molecule has 7 heteroatoms. The quantitative estimate of drug-likeness (QED) is 0.714. The number of carbonyl (C=O) groups is 1. The molecule has 1 N–H and O–H groups in total. The van der Waals surface area contributed by atoms with E-state index in [0.29, 0.717) is 17.2 Å². The predicted octanol–water partition coefficient (Wildman–Crippen LogP) is 2.95. The number of carbonyl (C=O) groups excluding carboxylic acids is 1. The summed E-state index contributed by atoms with van der Waals surface area (Å²) in [6.07, 6.45) is 4.78. The van der Waals surface area contributed by atoms with Gasteiger partial charge in [0.1, 0.15) is 0 Å². The number of pyridine rings is 1. The summed E-state index contributed by atoms with van der Waals surface area (Å²) in [6.45, 7) is 1.91. The van der Waals surface area contributed by atoms with Gasteiger partial charge in [-0.2, -0.15) is 5.10 Å². The molecule has 0 spiro atoms. The van der Waals surface area contributed by atoms with E-state index < -0.39 is 0 Å². The number of anilines is 1. The van der Waals surface area contributed by atoms with Crippen molar-refractivity contribution in [3.05, 3.63) is 47.8 Å². The number of aromatic nitrogens is 3. The van der Waals surface area contributed by atoms with Crippen LogP contribution in [0.15, 0.2) is 36.5 Å². The lowest BCUT2D eigenvalue weighted by molar-refractivity contribution is -0.111. The van der Waals surface area contributed by atoms with Gasteiger partial charge in [0.2, 0.25) is 5.91 Å². The molecule has 1 amide bonds. The number of amides is 1. The summed E-state index contributed by atoms with van der Waals surface area (Å²) in [7, 11) is 4.99. The number of aryl methyl sites for hydroxylation is 2. The molecule has 26 heavy (non-hydrogen) atoms. The van der Waals surface area contributed by atoms with Crippen LogP contribution < -0.4 is 14.8 Å². The third kappa shape index (κ3) is 3.51. The molecule has 0 aliphatic rings. The highest BCUT2D eigenvalue weighted by atomic mass is 16.5. The summed E-state index contributed by atoms with van der Waals surface area (Å²) in [4.78, 5) is 16.5. The molecule has 134 valence electrons. The number of nitrogens with zero attached hydrogens (tertiary/aromatic N) is 3. The monoisotopic (exact) mass is 352 g/mol. The highest BCUT2D eigenvalue weighted by molar-refractivity contribution is 6.02. The molecule has 1 aromatic carbocycles. The van der Waals surface area contributed by atoms with Gasteiger partial charge in [-0.15, -0.1) is 0 Å². The third-order valence-corrected chi connectivity index (χ3v) is 3.97. The van der Waals surface area contributed by atoms with Gasteiger partial charge in [0.15, 0.2) is 17.1 Å². The lowest BCUT2D eigenvalue weighted by Crippen LogP contribution is -2.08. The smallest absolute Gasteiger partial charge is 0.248 e. The second-order valence-electron chi connectivity index (χ2n) is 5.74. The number of fused-ring (bicyclic) bond motifs is 1. The van der Waals surface area contributed by atoms with Gasteiger partial charge in [-0.05, 0) is 36.8 Å². The van der Waals surface area contributed by atoms with Crippen molar-refractivity contribution in [2.45, 2.75) is 6.92 Å². The maximum Gasteiger partial charge on any atom is 0.248 e. The van der Waals surface area contributed by atoms with Gasteiger partial charge in [0.25, 0.3) is 0 Å². The zero-order chi connectivity index (χ0) is 18.7. The Morgan fingerprint density at radius 3 is 2.69 bits per heavy atom. The second kappa shape index (κ2) is 7.26. The van der Waals surface area contributed by atoms with Gasteiger partial charge < -0.3 is 14.8 Å². The number of hydrogen-bond acceptors (Lipinski definition) is 5. The van der Waals surface area contributed by atoms with Crippen molar-refractivity contribution in [3.63, 3.8) is 0 Å². The van der Waals surface area contributed by atoms with Crippen molar-refractivity contribution >= 4 is 28.7 Å². The van der Waals surface area contributed by atoms with Crippen LogP contribution in [0.3, 0.4) is 0 Å². The number of nitrogens with one attached hydrogen (secondary N) is 1. The number of rotatable bonds is 5. The first-order chi connectivity index (χ1) is 12.5. The Hall–Kier alpha value is -3.35. The molecule has 0 radical (unpaired) electrons. The van der Waals surface area contributed by atoms with E-state index in [1.54, 1.807) is 43.3 Å². The molecule has 0 saturated heterocycles. The Labute approximate surface area is 151 Å². The average molecular weight is 352 g/mol. The van der Waals surface area contributed by atoms with E-state index in [4.69, 9.17) is 9.47 Å². The second-order valence-corrected chi connectivity index (χ2v) is 5.74. The number of hydrogen-bond donors (Lipinski definition) is 1. The zero-order valence-electron chi connectivity index (χ0n) is 15.1.